The molecule has 206 valence electrons. The van der Waals surface area contributed by atoms with Crippen molar-refractivity contribution in [1.82, 2.24) is 0 Å². The maximum absolute atomic E-state index is 11.9. The summed E-state index contributed by atoms with van der Waals surface area (Å²) < 4.78 is 23.0. The normalized spacial score (nSPS) is 17.3. The van der Waals surface area contributed by atoms with Gasteiger partial charge in [-0.05, 0) is 25.7 Å². The van der Waals surface area contributed by atoms with Crippen molar-refractivity contribution < 1.29 is 28.5 Å². The Morgan fingerprint density at radius 3 is 1.47 bits per heavy atom. The fourth-order valence-corrected chi connectivity index (χ4v) is 5.65. The van der Waals surface area contributed by atoms with Crippen molar-refractivity contribution in [2.24, 2.45) is 0 Å². The van der Waals surface area contributed by atoms with E-state index < -0.39 is 7.82 Å². The summed E-state index contributed by atoms with van der Waals surface area (Å²) in [5.74, 6) is 0. The number of rotatable bonds is 23. The molecule has 0 amide bonds. The summed E-state index contributed by atoms with van der Waals surface area (Å²) >= 11 is 0. The van der Waals surface area contributed by atoms with E-state index >= 15 is 0 Å². The molecule has 2 N–H and O–H groups in total. The van der Waals surface area contributed by atoms with Crippen molar-refractivity contribution in [2.45, 2.75) is 135 Å². The molecule has 0 aromatic rings. The van der Waals surface area contributed by atoms with E-state index in [0.717, 1.165) is 37.0 Å². The molecule has 0 saturated carbocycles. The fourth-order valence-electron chi connectivity index (χ4n) is 4.91. The van der Waals surface area contributed by atoms with E-state index in [9.17, 15) is 9.46 Å². The van der Waals surface area contributed by atoms with Crippen LogP contribution in [0.2, 0.25) is 0 Å². The van der Waals surface area contributed by atoms with Gasteiger partial charge in [0.1, 0.15) is 13.2 Å². The molecule has 1 aliphatic rings. The second-order valence-corrected chi connectivity index (χ2v) is 12.0. The highest BCUT2D eigenvalue weighted by Crippen LogP contribution is 2.38. The molecule has 0 aromatic heterocycles. The van der Waals surface area contributed by atoms with Gasteiger partial charge >= 0.3 is 0 Å². The summed E-state index contributed by atoms with van der Waals surface area (Å²) in [5.41, 5.74) is 0. The molecule has 1 fully saturated rings. The Hall–Kier alpha value is 0.0300. The Morgan fingerprint density at radius 2 is 1.03 bits per heavy atom. The molecule has 34 heavy (non-hydrogen) atoms. The maximum atomic E-state index is 11.9. The van der Waals surface area contributed by atoms with E-state index in [1.54, 1.807) is 0 Å². The fraction of sp³-hybridized carbons (Fsp3) is 1.00. The lowest BCUT2D eigenvalue weighted by Gasteiger charge is -2.38. The highest BCUT2D eigenvalue weighted by Gasteiger charge is 2.25. The van der Waals surface area contributed by atoms with Crippen molar-refractivity contribution >= 4 is 7.82 Å². The van der Waals surface area contributed by atoms with Crippen LogP contribution in [0.5, 0.6) is 0 Å². The molecule has 1 aliphatic heterocycles. The Kier molecular flexibility index (Phi) is 22.3. The van der Waals surface area contributed by atoms with Crippen molar-refractivity contribution in [2.75, 3.05) is 39.9 Å². The molecule has 0 aromatic carbocycles. The maximum Gasteiger partial charge on any atom is 0.268 e. The molecule has 1 rings (SSSR count). The van der Waals surface area contributed by atoms with Crippen LogP contribution in [0.15, 0.2) is 0 Å². The lowest BCUT2D eigenvalue weighted by molar-refractivity contribution is -0.914. The minimum absolute atomic E-state index is 0. The number of nitrogens with zero attached hydrogens (tertiary/aromatic N) is 1. The number of likely N-dealkylation sites (tertiary alicyclic amines) is 1. The molecule has 1 heterocycles. The molecule has 0 radical (unpaired) electrons. The van der Waals surface area contributed by atoms with Gasteiger partial charge in [0.05, 0.1) is 26.7 Å². The topological polar surface area (TPSA) is 90.1 Å². The Bertz CT molecular complexity index is 486. The third-order valence-corrected chi connectivity index (χ3v) is 8.27. The van der Waals surface area contributed by atoms with Crippen LogP contribution >= 0.6 is 7.82 Å². The van der Waals surface area contributed by atoms with Crippen LogP contribution in [0.4, 0.5) is 0 Å². The molecule has 1 unspecified atom stereocenters. The first kappa shape index (κ1) is 34.0. The van der Waals surface area contributed by atoms with Gasteiger partial charge in [-0.15, -0.1) is 0 Å². The van der Waals surface area contributed by atoms with Crippen LogP contribution < -0.4 is 4.89 Å². The molecule has 0 aliphatic carbocycles. The van der Waals surface area contributed by atoms with E-state index in [-0.39, 0.29) is 18.7 Å². The summed E-state index contributed by atoms with van der Waals surface area (Å²) in [6, 6.07) is 0. The van der Waals surface area contributed by atoms with E-state index in [4.69, 9.17) is 9.05 Å². The molecule has 1 saturated heterocycles. The predicted octanol–water partition coefficient (Wildman–Crippen LogP) is 6.95. The van der Waals surface area contributed by atoms with Gasteiger partial charge in [-0.3, -0.25) is 4.57 Å². The van der Waals surface area contributed by atoms with Crippen molar-refractivity contribution in [3.63, 3.8) is 0 Å². The zero-order valence-corrected chi connectivity index (χ0v) is 23.6. The van der Waals surface area contributed by atoms with Crippen LogP contribution in [0.1, 0.15) is 135 Å². The van der Waals surface area contributed by atoms with Crippen molar-refractivity contribution in [3.05, 3.63) is 0 Å². The summed E-state index contributed by atoms with van der Waals surface area (Å²) in [7, 11) is -1.95. The summed E-state index contributed by atoms with van der Waals surface area (Å²) in [4.78, 5) is 11.9. The third kappa shape index (κ3) is 20.2. The van der Waals surface area contributed by atoms with Crippen LogP contribution in [-0.4, -0.2) is 49.9 Å². The van der Waals surface area contributed by atoms with Gasteiger partial charge < -0.3 is 23.9 Å². The first-order valence-electron chi connectivity index (χ1n) is 14.4. The second kappa shape index (κ2) is 22.2. The zero-order valence-electron chi connectivity index (χ0n) is 22.7. The van der Waals surface area contributed by atoms with E-state index in [1.165, 1.54) is 116 Å². The average molecular weight is 508 g/mol. The molecule has 6 nitrogen and oxygen atoms in total. The summed E-state index contributed by atoms with van der Waals surface area (Å²) in [6.07, 6.45) is 26.1. The number of likely N-dealkylation sites (N-methyl/N-ethyl adjacent to an activating group) is 1. The van der Waals surface area contributed by atoms with Gasteiger partial charge in [0.2, 0.25) is 0 Å². The minimum atomic E-state index is -4.14. The predicted molar refractivity (Wildman–Crippen MR) is 142 cm³/mol. The van der Waals surface area contributed by atoms with Gasteiger partial charge in [0.15, 0.2) is 0 Å². The first-order valence-corrected chi connectivity index (χ1v) is 15.9. The number of hydrogen-bond acceptors (Lipinski definition) is 4. The minimum Gasteiger partial charge on any atom is -0.756 e. The average Bonchev–Trinajstić information content (AvgIpc) is 2.78. The molecular formula is C27H58NO5P. The van der Waals surface area contributed by atoms with Crippen LogP contribution in [0, 0.1) is 0 Å². The standard InChI is InChI=1S/C27H56NO4P.H2O/c1-3-4-5-6-7-8-9-10-11-12-13-14-15-16-17-18-22-26-31-33(29,30)32-27-25-28(2)23-20-19-21-24-28;/h3-27H2,1-2H3;1H2. The molecular weight excluding hydrogens is 449 g/mol. The van der Waals surface area contributed by atoms with Gasteiger partial charge in [-0.25, -0.2) is 0 Å². The number of quaternary nitrogens is 1. The highest BCUT2D eigenvalue weighted by molar-refractivity contribution is 7.45. The van der Waals surface area contributed by atoms with E-state index in [2.05, 4.69) is 14.0 Å². The Balaban J connectivity index is 0.0000109. The number of unbranched alkanes of at least 4 members (excludes halogenated alkanes) is 16. The molecule has 7 heteroatoms. The van der Waals surface area contributed by atoms with E-state index in [1.807, 2.05) is 0 Å². The van der Waals surface area contributed by atoms with Gasteiger partial charge in [0.25, 0.3) is 7.82 Å². The third-order valence-electron chi connectivity index (χ3n) is 7.27. The van der Waals surface area contributed by atoms with Crippen molar-refractivity contribution in [3.8, 4) is 0 Å². The van der Waals surface area contributed by atoms with Gasteiger partial charge in [-0.1, -0.05) is 110 Å². The highest BCUT2D eigenvalue weighted by atomic mass is 31.2. The number of phosphoric acid groups is 1. The number of phosphoric ester groups is 1. The van der Waals surface area contributed by atoms with Crippen LogP contribution in [0.25, 0.3) is 0 Å². The Labute approximate surface area is 211 Å². The lowest BCUT2D eigenvalue weighted by atomic mass is 10.0. The van der Waals surface area contributed by atoms with Crippen molar-refractivity contribution in [1.29, 1.82) is 0 Å². The summed E-state index contributed by atoms with van der Waals surface area (Å²) in [6.45, 7) is 5.75. The Morgan fingerprint density at radius 1 is 0.647 bits per heavy atom. The lowest BCUT2D eigenvalue weighted by Crippen LogP contribution is -2.49. The molecule has 0 spiro atoms. The zero-order chi connectivity index (χ0) is 24.1. The second-order valence-electron chi connectivity index (χ2n) is 10.6. The van der Waals surface area contributed by atoms with Gasteiger partial charge in [-0.2, -0.15) is 0 Å². The van der Waals surface area contributed by atoms with E-state index in [0.29, 0.717) is 0 Å². The smallest absolute Gasteiger partial charge is 0.268 e. The quantitative estimate of drug-likeness (QED) is 0.0850. The van der Waals surface area contributed by atoms with Crippen LogP contribution in [0.3, 0.4) is 0 Å². The monoisotopic (exact) mass is 507 g/mol. The molecule has 0 bridgehead atoms. The first-order chi connectivity index (χ1) is 16.0. The number of piperidine rings is 1. The van der Waals surface area contributed by atoms with Crippen LogP contribution in [-0.2, 0) is 13.6 Å². The SMILES string of the molecule is CCCCCCCCCCCCCCCCCCCOP(=O)([O-])OCC[N+]1(C)CCCCC1.O. The molecule has 1 atom stereocenters. The van der Waals surface area contributed by atoms with Gasteiger partial charge in [0, 0.05) is 0 Å². The summed E-state index contributed by atoms with van der Waals surface area (Å²) in [5, 5.41) is 0. The largest absolute Gasteiger partial charge is 0.756 e. The number of hydrogen-bond donors (Lipinski definition) is 0.